The van der Waals surface area contributed by atoms with Crippen molar-refractivity contribution in [2.75, 3.05) is 0 Å². The fourth-order valence-electron chi connectivity index (χ4n) is 4.32. The lowest BCUT2D eigenvalue weighted by atomic mass is 10.5. The van der Waals surface area contributed by atoms with Crippen LogP contribution in [0.25, 0.3) is 0 Å². The molecule has 0 aliphatic heterocycles. The number of rotatable bonds is 14. The summed E-state index contributed by atoms with van der Waals surface area (Å²) in [4.78, 5) is 0. The summed E-state index contributed by atoms with van der Waals surface area (Å²) in [6.45, 7) is 26.3. The Bertz CT molecular complexity index is 471. The minimum Gasteiger partial charge on any atom is -0.462 e. The molecule has 0 fully saturated rings. The maximum atomic E-state index is 9.67. The molecule has 3 heteroatoms. The number of allylic oxidation sites excluding steroid dienone is 6. The van der Waals surface area contributed by atoms with Gasteiger partial charge in [-0.2, -0.15) is 0 Å². The summed E-state index contributed by atoms with van der Waals surface area (Å²) in [6.07, 6.45) is 14.3. The first-order valence-electron chi connectivity index (χ1n) is 8.74. The molecule has 1 N–H and O–H groups in total. The fraction of sp³-hybridized carbons (Fsp3) is 0.364. The predicted molar refractivity (Wildman–Crippen MR) is 120 cm³/mol. The Balaban J connectivity index is 6.89. The highest BCUT2D eigenvalue weighted by Gasteiger charge is 2.58. The van der Waals surface area contributed by atoms with Crippen molar-refractivity contribution in [1.82, 2.24) is 0 Å². The fourth-order valence-corrected chi connectivity index (χ4v) is 18.1. The van der Waals surface area contributed by atoms with Gasteiger partial charge in [0.1, 0.15) is 6.11 Å². The zero-order valence-electron chi connectivity index (χ0n) is 15.9. The molecular weight excluding hydrogens is 336 g/mol. The van der Waals surface area contributed by atoms with Crippen LogP contribution in [0.2, 0.25) is 40.9 Å². The van der Waals surface area contributed by atoms with Gasteiger partial charge >= 0.3 is 0 Å². The number of hydrogen-bond donors (Lipinski definition) is 1. The van der Waals surface area contributed by atoms with Gasteiger partial charge in [-0.15, -0.1) is 39.5 Å². The molecule has 0 saturated heterocycles. The standard InChI is InChI=1S/C22H34OSi2/c1-8-16-24(17-9-2,18-10-3)22(7,14-15-23)25(19-11-4,20-12-5)21-13-6/h8-13,23H,1-6,16-21H2,7H3. The highest BCUT2D eigenvalue weighted by atomic mass is 28.4. The van der Waals surface area contributed by atoms with Crippen LogP contribution in [0.4, 0.5) is 0 Å². The van der Waals surface area contributed by atoms with Gasteiger partial charge < -0.3 is 5.11 Å². The van der Waals surface area contributed by atoms with E-state index >= 15 is 0 Å². The predicted octanol–water partition coefficient (Wildman–Crippen LogP) is 6.63. The molecule has 0 spiro atoms. The van der Waals surface area contributed by atoms with Crippen molar-refractivity contribution < 1.29 is 5.11 Å². The highest BCUT2D eigenvalue weighted by molar-refractivity contribution is 7.03. The van der Waals surface area contributed by atoms with Gasteiger partial charge in [0.25, 0.3) is 0 Å². The Labute approximate surface area is 157 Å². The van der Waals surface area contributed by atoms with Crippen LogP contribution in [0.3, 0.4) is 0 Å². The van der Waals surface area contributed by atoms with E-state index in [0.717, 1.165) is 36.3 Å². The van der Waals surface area contributed by atoms with E-state index in [2.05, 4.69) is 58.4 Å². The van der Waals surface area contributed by atoms with E-state index in [0.29, 0.717) is 0 Å². The van der Waals surface area contributed by atoms with Crippen LogP contribution in [0, 0.1) is 12.0 Å². The van der Waals surface area contributed by atoms with Gasteiger partial charge in [0, 0.05) is 4.66 Å². The van der Waals surface area contributed by atoms with Crippen LogP contribution in [-0.4, -0.2) is 21.3 Å². The maximum absolute atomic E-state index is 9.67. The Morgan fingerprint density at radius 2 is 0.920 bits per heavy atom. The quantitative estimate of drug-likeness (QED) is 0.206. The zero-order chi connectivity index (χ0) is 19.4. The molecular formula is C22H34OSi2. The van der Waals surface area contributed by atoms with Crippen molar-refractivity contribution in [2.45, 2.75) is 47.8 Å². The van der Waals surface area contributed by atoms with E-state index in [4.69, 9.17) is 0 Å². The second-order valence-corrected chi connectivity index (χ2v) is 17.0. The minimum absolute atomic E-state index is 0.276. The van der Waals surface area contributed by atoms with Crippen molar-refractivity contribution in [2.24, 2.45) is 0 Å². The van der Waals surface area contributed by atoms with Crippen LogP contribution in [-0.2, 0) is 0 Å². The summed E-state index contributed by atoms with van der Waals surface area (Å²) in [7, 11) is -4.17. The van der Waals surface area contributed by atoms with Crippen molar-refractivity contribution in [3.8, 4) is 12.0 Å². The van der Waals surface area contributed by atoms with Gasteiger partial charge in [-0.3, -0.25) is 0 Å². The molecule has 0 atom stereocenters. The average Bonchev–Trinajstić information content (AvgIpc) is 2.56. The van der Waals surface area contributed by atoms with Crippen molar-refractivity contribution in [1.29, 1.82) is 0 Å². The Hall–Kier alpha value is -1.77. The van der Waals surface area contributed by atoms with Crippen LogP contribution < -0.4 is 0 Å². The molecule has 0 aromatic carbocycles. The largest absolute Gasteiger partial charge is 0.462 e. The first kappa shape index (κ1) is 23.2. The second-order valence-electron chi connectivity index (χ2n) is 6.88. The number of hydrogen-bond acceptors (Lipinski definition) is 1. The van der Waals surface area contributed by atoms with Crippen LogP contribution >= 0.6 is 0 Å². The summed E-state index contributed by atoms with van der Waals surface area (Å²) in [5.74, 6) is 3.29. The Morgan fingerprint density at radius 3 is 1.08 bits per heavy atom. The van der Waals surface area contributed by atoms with E-state index in [1.807, 2.05) is 36.5 Å². The van der Waals surface area contributed by atoms with E-state index in [9.17, 15) is 5.11 Å². The molecule has 0 aromatic rings. The number of aliphatic hydroxyl groups excluding tert-OH is 1. The minimum atomic E-state index is -2.09. The van der Waals surface area contributed by atoms with Crippen molar-refractivity contribution >= 4 is 16.1 Å². The summed E-state index contributed by atoms with van der Waals surface area (Å²) in [5.41, 5.74) is 0. The molecule has 0 saturated carbocycles. The summed E-state index contributed by atoms with van der Waals surface area (Å²) in [6, 6.07) is 5.48. The number of aliphatic hydroxyl groups is 1. The zero-order valence-corrected chi connectivity index (χ0v) is 17.9. The molecule has 0 aliphatic carbocycles. The first-order chi connectivity index (χ1) is 11.9. The molecule has 0 aromatic heterocycles. The highest BCUT2D eigenvalue weighted by Crippen LogP contribution is 2.56. The smallest absolute Gasteiger partial charge is 0.107 e. The monoisotopic (exact) mass is 370 g/mol. The molecule has 25 heavy (non-hydrogen) atoms. The molecule has 0 radical (unpaired) electrons. The van der Waals surface area contributed by atoms with Gasteiger partial charge in [-0.05, 0) is 36.3 Å². The summed E-state index contributed by atoms with van der Waals surface area (Å²) >= 11 is 0. The van der Waals surface area contributed by atoms with Gasteiger partial charge in [-0.25, -0.2) is 0 Å². The van der Waals surface area contributed by atoms with Crippen molar-refractivity contribution in [3.05, 3.63) is 75.9 Å². The summed E-state index contributed by atoms with van der Waals surface area (Å²) < 4.78 is -0.276. The summed E-state index contributed by atoms with van der Waals surface area (Å²) in [5, 5.41) is 9.67. The molecule has 0 aliphatic rings. The Morgan fingerprint density at radius 1 is 0.680 bits per heavy atom. The van der Waals surface area contributed by atoms with Gasteiger partial charge in [-0.1, -0.05) is 49.3 Å². The lowest BCUT2D eigenvalue weighted by Gasteiger charge is -2.54. The van der Waals surface area contributed by atoms with Gasteiger partial charge in [0.05, 0.1) is 16.1 Å². The second kappa shape index (κ2) is 11.0. The maximum Gasteiger partial charge on any atom is 0.107 e. The third-order valence-electron chi connectivity index (χ3n) is 5.64. The van der Waals surface area contributed by atoms with E-state index < -0.39 is 16.1 Å². The lowest BCUT2D eigenvalue weighted by Crippen LogP contribution is -2.60. The normalized spacial score (nSPS) is 11.6. The molecule has 0 rings (SSSR count). The third kappa shape index (κ3) is 4.65. The van der Waals surface area contributed by atoms with Gasteiger partial charge in [0.15, 0.2) is 0 Å². The van der Waals surface area contributed by atoms with Crippen LogP contribution in [0.5, 0.6) is 0 Å². The molecule has 0 unspecified atom stereocenters. The molecule has 0 heterocycles. The Kier molecular flexibility index (Phi) is 10.2. The SMILES string of the molecule is C=CC[Si](CC=C)(CC=C)C(C)(C#CO)[Si](CC=C)(CC=C)CC=C. The van der Waals surface area contributed by atoms with Crippen molar-refractivity contribution in [3.63, 3.8) is 0 Å². The first-order valence-corrected chi connectivity index (χ1v) is 14.0. The topological polar surface area (TPSA) is 20.2 Å². The van der Waals surface area contributed by atoms with E-state index in [1.165, 1.54) is 0 Å². The third-order valence-corrected chi connectivity index (χ3v) is 19.7. The van der Waals surface area contributed by atoms with E-state index in [1.54, 1.807) is 0 Å². The molecule has 0 amide bonds. The van der Waals surface area contributed by atoms with E-state index in [-0.39, 0.29) is 4.66 Å². The van der Waals surface area contributed by atoms with Crippen LogP contribution in [0.15, 0.2) is 75.9 Å². The molecule has 1 nitrogen and oxygen atoms in total. The average molecular weight is 371 g/mol. The van der Waals surface area contributed by atoms with Crippen LogP contribution in [0.1, 0.15) is 6.92 Å². The lowest BCUT2D eigenvalue weighted by molar-refractivity contribution is 0.515. The van der Waals surface area contributed by atoms with Gasteiger partial charge in [0.2, 0.25) is 0 Å². The molecule has 136 valence electrons. The molecule has 0 bridgehead atoms.